The Morgan fingerprint density at radius 1 is 0.935 bits per heavy atom. The average molecular weight is 412 g/mol. The molecule has 0 aliphatic rings. The van der Waals surface area contributed by atoms with E-state index in [9.17, 15) is 9.50 Å². The summed E-state index contributed by atoms with van der Waals surface area (Å²) in [6.07, 6.45) is 1.78. The van der Waals surface area contributed by atoms with Gasteiger partial charge >= 0.3 is 0 Å². The molecule has 1 N–H and O–H groups in total. The summed E-state index contributed by atoms with van der Waals surface area (Å²) in [4.78, 5) is 4.70. The first-order chi connectivity index (χ1) is 15.1. The van der Waals surface area contributed by atoms with Gasteiger partial charge < -0.3 is 9.84 Å². The molecule has 0 aliphatic heterocycles. The molecular formula is C24H17FN4O2. The van der Waals surface area contributed by atoms with Crippen LogP contribution in [-0.4, -0.2) is 25.1 Å². The fourth-order valence-corrected chi connectivity index (χ4v) is 3.28. The Bertz CT molecular complexity index is 1400. The van der Waals surface area contributed by atoms with Crippen LogP contribution in [0.3, 0.4) is 0 Å². The topological polar surface area (TPSA) is 73.1 Å². The van der Waals surface area contributed by atoms with Crippen molar-refractivity contribution in [3.8, 4) is 34.3 Å². The van der Waals surface area contributed by atoms with Gasteiger partial charge in [0.15, 0.2) is 0 Å². The predicted octanol–water partition coefficient (Wildman–Crippen LogP) is 5.43. The number of pyridine rings is 1. The van der Waals surface area contributed by atoms with Crippen molar-refractivity contribution in [3.05, 3.63) is 90.4 Å². The summed E-state index contributed by atoms with van der Waals surface area (Å²) < 4.78 is 21.1. The molecule has 0 unspecified atom stereocenters. The maximum atomic E-state index is 13.5. The number of fused-ring (bicyclic) bond motifs is 1. The summed E-state index contributed by atoms with van der Waals surface area (Å²) in [5.74, 6) is 1.12. The summed E-state index contributed by atoms with van der Waals surface area (Å²) in [7, 11) is 0. The minimum Gasteiger partial charge on any atom is -0.508 e. The number of benzene rings is 3. The highest BCUT2D eigenvalue weighted by Gasteiger charge is 2.11. The van der Waals surface area contributed by atoms with Crippen LogP contribution in [0, 0.1) is 12.7 Å². The smallest absolute Gasteiger partial charge is 0.136 e. The molecule has 0 radical (unpaired) electrons. The van der Waals surface area contributed by atoms with E-state index in [2.05, 4.69) is 10.3 Å². The molecular weight excluding hydrogens is 395 g/mol. The highest BCUT2D eigenvalue weighted by Crippen LogP contribution is 2.31. The number of phenolic OH excluding ortho intramolecular Hbond substituents is 1. The lowest BCUT2D eigenvalue weighted by Gasteiger charge is -2.10. The first kappa shape index (κ1) is 18.7. The Morgan fingerprint density at radius 2 is 1.77 bits per heavy atom. The Kier molecular flexibility index (Phi) is 4.55. The Hall–Kier alpha value is -4.26. The second kappa shape index (κ2) is 7.53. The molecule has 0 spiro atoms. The number of aryl methyl sites for hydroxylation is 1. The molecule has 0 saturated carbocycles. The van der Waals surface area contributed by atoms with Crippen molar-refractivity contribution >= 4 is 10.9 Å². The van der Waals surface area contributed by atoms with Crippen LogP contribution in [0.5, 0.6) is 17.2 Å². The van der Waals surface area contributed by atoms with E-state index >= 15 is 0 Å². The molecule has 2 aromatic heterocycles. The van der Waals surface area contributed by atoms with E-state index in [1.54, 1.807) is 54.2 Å². The zero-order valence-corrected chi connectivity index (χ0v) is 16.5. The van der Waals surface area contributed by atoms with Crippen molar-refractivity contribution in [2.45, 2.75) is 6.92 Å². The first-order valence-corrected chi connectivity index (χ1v) is 9.63. The van der Waals surface area contributed by atoms with Gasteiger partial charge in [-0.15, -0.1) is 5.10 Å². The molecule has 0 bridgehead atoms. The Labute approximate surface area is 177 Å². The third kappa shape index (κ3) is 3.69. The summed E-state index contributed by atoms with van der Waals surface area (Å²) in [5.41, 5.74) is 3.34. The van der Waals surface area contributed by atoms with Gasteiger partial charge in [0.2, 0.25) is 0 Å². The minimum atomic E-state index is -0.267. The van der Waals surface area contributed by atoms with E-state index in [4.69, 9.17) is 9.72 Å². The fraction of sp³-hybridized carbons (Fsp3) is 0.0417. The number of nitrogens with zero attached hydrogens (tertiary/aromatic N) is 4. The molecule has 6 nitrogen and oxygen atoms in total. The number of halogens is 1. The first-order valence-electron chi connectivity index (χ1n) is 9.63. The third-order valence-electron chi connectivity index (χ3n) is 4.92. The zero-order valence-electron chi connectivity index (χ0n) is 16.5. The number of phenols is 1. The lowest BCUT2D eigenvalue weighted by molar-refractivity contribution is 0.475. The van der Waals surface area contributed by atoms with E-state index in [1.165, 1.54) is 6.07 Å². The molecule has 152 valence electrons. The normalized spacial score (nSPS) is 11.0. The second-order valence-corrected chi connectivity index (χ2v) is 7.10. The van der Waals surface area contributed by atoms with E-state index in [0.717, 1.165) is 16.6 Å². The average Bonchev–Trinajstić information content (AvgIpc) is 3.27. The summed E-state index contributed by atoms with van der Waals surface area (Å²) in [6.45, 7) is 1.70. The predicted molar refractivity (Wildman–Crippen MR) is 115 cm³/mol. The molecule has 0 saturated heterocycles. The molecule has 5 aromatic rings. The highest BCUT2D eigenvalue weighted by molar-refractivity contribution is 5.87. The molecule has 0 aliphatic carbocycles. The van der Waals surface area contributed by atoms with Crippen LogP contribution in [0.4, 0.5) is 4.39 Å². The largest absolute Gasteiger partial charge is 0.508 e. The van der Waals surface area contributed by atoms with E-state index in [1.807, 2.05) is 30.3 Å². The zero-order chi connectivity index (χ0) is 21.4. The van der Waals surface area contributed by atoms with Gasteiger partial charge in [0.1, 0.15) is 28.8 Å². The van der Waals surface area contributed by atoms with Crippen LogP contribution in [0.15, 0.2) is 79.0 Å². The summed E-state index contributed by atoms with van der Waals surface area (Å²) in [5, 5.41) is 18.7. The van der Waals surface area contributed by atoms with Gasteiger partial charge in [0.25, 0.3) is 0 Å². The van der Waals surface area contributed by atoms with Crippen LogP contribution in [0.2, 0.25) is 0 Å². The number of hydrogen-bond acceptors (Lipinski definition) is 5. The minimum absolute atomic E-state index is 0.189. The monoisotopic (exact) mass is 412 g/mol. The molecule has 2 heterocycles. The van der Waals surface area contributed by atoms with Gasteiger partial charge in [0.05, 0.1) is 23.1 Å². The van der Waals surface area contributed by atoms with E-state index in [-0.39, 0.29) is 11.6 Å². The third-order valence-corrected chi connectivity index (χ3v) is 4.92. The van der Waals surface area contributed by atoms with Crippen LogP contribution < -0.4 is 4.74 Å². The number of aromatic nitrogens is 4. The number of ether oxygens (including phenoxy) is 1. The highest BCUT2D eigenvalue weighted by atomic mass is 19.1. The second-order valence-electron chi connectivity index (χ2n) is 7.10. The fourth-order valence-electron chi connectivity index (χ4n) is 3.28. The molecule has 0 atom stereocenters. The Morgan fingerprint density at radius 3 is 2.58 bits per heavy atom. The molecule has 3 aromatic carbocycles. The van der Waals surface area contributed by atoms with Crippen molar-refractivity contribution in [2.75, 3.05) is 0 Å². The van der Waals surface area contributed by atoms with Crippen LogP contribution in [0.25, 0.3) is 28.0 Å². The van der Waals surface area contributed by atoms with E-state index < -0.39 is 0 Å². The van der Waals surface area contributed by atoms with Crippen LogP contribution >= 0.6 is 0 Å². The summed E-state index contributed by atoms with van der Waals surface area (Å²) in [6, 6.07) is 20.7. The molecule has 31 heavy (non-hydrogen) atoms. The van der Waals surface area contributed by atoms with Gasteiger partial charge in [0, 0.05) is 5.39 Å². The van der Waals surface area contributed by atoms with E-state index in [0.29, 0.717) is 28.5 Å². The van der Waals surface area contributed by atoms with Gasteiger partial charge in [-0.3, -0.25) is 0 Å². The van der Waals surface area contributed by atoms with Crippen molar-refractivity contribution in [1.29, 1.82) is 0 Å². The lowest BCUT2D eigenvalue weighted by Crippen LogP contribution is -1.93. The van der Waals surface area contributed by atoms with Gasteiger partial charge in [-0.1, -0.05) is 11.3 Å². The van der Waals surface area contributed by atoms with Crippen LogP contribution in [-0.2, 0) is 0 Å². The van der Waals surface area contributed by atoms with Crippen molar-refractivity contribution in [2.24, 2.45) is 0 Å². The standard InChI is InChI=1S/C24H17FN4O2/c1-15-13-18(9-11-20(15)25)31-24-4-2-3-21-19(24)10-12-22(26-21)23-14-29(28-27-23)16-5-7-17(30)8-6-16/h2-14,30H,1H3. The lowest BCUT2D eigenvalue weighted by atomic mass is 10.1. The quantitative estimate of drug-likeness (QED) is 0.426. The number of hydrogen-bond donors (Lipinski definition) is 1. The SMILES string of the molecule is Cc1cc(Oc2cccc3nc(-c4cn(-c5ccc(O)cc5)nn4)ccc23)ccc1F. The summed E-state index contributed by atoms with van der Waals surface area (Å²) >= 11 is 0. The van der Waals surface area contributed by atoms with Gasteiger partial charge in [-0.2, -0.15) is 0 Å². The van der Waals surface area contributed by atoms with Crippen LogP contribution in [0.1, 0.15) is 5.56 Å². The molecule has 5 rings (SSSR count). The number of rotatable bonds is 4. The molecule has 0 amide bonds. The molecule has 7 heteroatoms. The maximum absolute atomic E-state index is 13.5. The molecule has 0 fully saturated rings. The Balaban J connectivity index is 1.47. The number of aromatic hydroxyl groups is 1. The maximum Gasteiger partial charge on any atom is 0.136 e. The van der Waals surface area contributed by atoms with Gasteiger partial charge in [-0.25, -0.2) is 14.1 Å². The van der Waals surface area contributed by atoms with Crippen molar-refractivity contribution in [3.63, 3.8) is 0 Å². The van der Waals surface area contributed by atoms with Crippen molar-refractivity contribution in [1.82, 2.24) is 20.0 Å². The van der Waals surface area contributed by atoms with Gasteiger partial charge in [-0.05, 0) is 79.2 Å². The van der Waals surface area contributed by atoms with Crippen molar-refractivity contribution < 1.29 is 14.2 Å².